The third-order valence-electron chi connectivity index (χ3n) is 3.91. The van der Waals surface area contributed by atoms with Crippen molar-refractivity contribution in [1.29, 1.82) is 0 Å². The van der Waals surface area contributed by atoms with Crippen LogP contribution in [0.15, 0.2) is 42.6 Å². The molecule has 2 N–H and O–H groups in total. The van der Waals surface area contributed by atoms with Gasteiger partial charge in [-0.2, -0.15) is 0 Å². The molecule has 0 radical (unpaired) electrons. The first-order valence-electron chi connectivity index (χ1n) is 8.22. The summed E-state index contributed by atoms with van der Waals surface area (Å²) in [7, 11) is 0. The minimum Gasteiger partial charge on any atom is -0.375 e. The van der Waals surface area contributed by atoms with Gasteiger partial charge in [0.15, 0.2) is 0 Å². The van der Waals surface area contributed by atoms with Crippen molar-refractivity contribution < 1.29 is 9.53 Å². The van der Waals surface area contributed by atoms with E-state index in [9.17, 15) is 4.79 Å². The average Bonchev–Trinajstić information content (AvgIpc) is 2.60. The van der Waals surface area contributed by atoms with E-state index < -0.39 is 0 Å². The number of hydrogen-bond donors (Lipinski definition) is 2. The number of anilines is 2. The smallest absolute Gasteiger partial charge is 0.319 e. The number of hydrogen-bond acceptors (Lipinski definition) is 4. The Kier molecular flexibility index (Phi) is 5.73. The van der Waals surface area contributed by atoms with Crippen LogP contribution in [0.4, 0.5) is 16.3 Å². The lowest BCUT2D eigenvalue weighted by Gasteiger charge is -2.32. The lowest BCUT2D eigenvalue weighted by atomic mass is 10.2. The van der Waals surface area contributed by atoms with Gasteiger partial charge < -0.3 is 20.3 Å². The van der Waals surface area contributed by atoms with Gasteiger partial charge in [0.2, 0.25) is 0 Å². The van der Waals surface area contributed by atoms with E-state index in [4.69, 9.17) is 16.3 Å². The van der Waals surface area contributed by atoms with E-state index in [1.807, 2.05) is 12.1 Å². The fourth-order valence-electron chi connectivity index (χ4n) is 2.66. The second kappa shape index (κ2) is 8.18. The zero-order valence-corrected chi connectivity index (χ0v) is 14.8. The van der Waals surface area contributed by atoms with E-state index in [1.54, 1.807) is 30.5 Å². The molecule has 0 unspecified atom stereocenters. The molecule has 1 aromatic heterocycles. The van der Waals surface area contributed by atoms with E-state index in [0.29, 0.717) is 17.3 Å². The Morgan fingerprint density at radius 2 is 2.28 bits per heavy atom. The molecule has 7 heteroatoms. The number of halogens is 1. The quantitative estimate of drug-likeness (QED) is 0.878. The number of ether oxygens (including phenoxy) is 1. The molecule has 25 heavy (non-hydrogen) atoms. The predicted molar refractivity (Wildman–Crippen MR) is 99.2 cm³/mol. The van der Waals surface area contributed by atoms with E-state index in [1.165, 1.54) is 0 Å². The molecular formula is C18H21ClN4O2. The Labute approximate surface area is 152 Å². The summed E-state index contributed by atoms with van der Waals surface area (Å²) < 4.78 is 5.54. The number of aromatic nitrogens is 1. The maximum absolute atomic E-state index is 11.9. The van der Waals surface area contributed by atoms with E-state index in [-0.39, 0.29) is 12.1 Å². The summed E-state index contributed by atoms with van der Waals surface area (Å²) in [6.45, 7) is 4.86. The maximum Gasteiger partial charge on any atom is 0.319 e. The van der Waals surface area contributed by atoms with Crippen LogP contribution in [0.5, 0.6) is 0 Å². The summed E-state index contributed by atoms with van der Waals surface area (Å²) >= 11 is 5.90. The number of pyridine rings is 1. The highest BCUT2D eigenvalue weighted by Crippen LogP contribution is 2.16. The van der Waals surface area contributed by atoms with Gasteiger partial charge in [0.05, 0.1) is 12.7 Å². The highest BCUT2D eigenvalue weighted by atomic mass is 35.5. The molecule has 0 spiro atoms. The first-order chi connectivity index (χ1) is 12.1. The Bertz CT molecular complexity index is 723. The normalized spacial score (nSPS) is 17.2. The summed E-state index contributed by atoms with van der Waals surface area (Å²) in [5, 5.41) is 6.13. The lowest BCUT2D eigenvalue weighted by Crippen LogP contribution is -2.41. The Morgan fingerprint density at radius 3 is 3.00 bits per heavy atom. The van der Waals surface area contributed by atoms with Gasteiger partial charge in [0.25, 0.3) is 0 Å². The molecule has 0 aliphatic carbocycles. The third-order valence-corrected chi connectivity index (χ3v) is 4.14. The van der Waals surface area contributed by atoms with Crippen LogP contribution >= 0.6 is 11.6 Å². The monoisotopic (exact) mass is 360 g/mol. The average molecular weight is 361 g/mol. The largest absolute Gasteiger partial charge is 0.375 e. The van der Waals surface area contributed by atoms with Gasteiger partial charge in [0, 0.05) is 36.5 Å². The number of nitrogens with zero attached hydrogens (tertiary/aromatic N) is 2. The number of carbonyl (C=O) groups is 1. The van der Waals surface area contributed by atoms with E-state index in [2.05, 4.69) is 27.4 Å². The molecular weight excluding hydrogens is 340 g/mol. The summed E-state index contributed by atoms with van der Waals surface area (Å²) in [4.78, 5) is 18.6. The number of carbonyl (C=O) groups excluding carboxylic acids is 1. The highest BCUT2D eigenvalue weighted by molar-refractivity contribution is 6.30. The number of urea groups is 1. The fourth-order valence-corrected chi connectivity index (χ4v) is 2.85. The van der Waals surface area contributed by atoms with Gasteiger partial charge in [-0.05, 0) is 36.8 Å². The van der Waals surface area contributed by atoms with Crippen molar-refractivity contribution in [2.45, 2.75) is 19.6 Å². The second-order valence-corrected chi connectivity index (χ2v) is 6.41. The van der Waals surface area contributed by atoms with E-state index >= 15 is 0 Å². The SMILES string of the molecule is C[C@H]1CN(c2ccc(CNC(=O)Nc3cccc(Cl)c3)cn2)CCO1. The van der Waals surface area contributed by atoms with Gasteiger partial charge in [-0.3, -0.25) is 0 Å². The van der Waals surface area contributed by atoms with Crippen LogP contribution in [-0.4, -0.2) is 36.8 Å². The van der Waals surface area contributed by atoms with Gasteiger partial charge >= 0.3 is 6.03 Å². The molecule has 1 aromatic carbocycles. The van der Waals surface area contributed by atoms with Gasteiger partial charge in [-0.1, -0.05) is 23.7 Å². The zero-order valence-electron chi connectivity index (χ0n) is 14.0. The molecule has 1 atom stereocenters. The molecule has 0 bridgehead atoms. The van der Waals surface area contributed by atoms with Crippen molar-refractivity contribution in [2.75, 3.05) is 29.9 Å². The fraction of sp³-hybridized carbons (Fsp3) is 0.333. The second-order valence-electron chi connectivity index (χ2n) is 5.97. The van der Waals surface area contributed by atoms with Crippen molar-refractivity contribution in [3.8, 4) is 0 Å². The van der Waals surface area contributed by atoms with Crippen LogP contribution in [-0.2, 0) is 11.3 Å². The van der Waals surface area contributed by atoms with Crippen LogP contribution in [0.1, 0.15) is 12.5 Å². The van der Waals surface area contributed by atoms with Crippen molar-refractivity contribution in [2.24, 2.45) is 0 Å². The minimum atomic E-state index is -0.284. The van der Waals surface area contributed by atoms with Gasteiger partial charge in [-0.25, -0.2) is 9.78 Å². The number of nitrogens with one attached hydrogen (secondary N) is 2. The standard InChI is InChI=1S/C18H21ClN4O2/c1-13-12-23(7-8-25-13)17-6-5-14(10-20-17)11-21-18(24)22-16-4-2-3-15(19)9-16/h2-6,9-10,13H,7-8,11-12H2,1H3,(H2,21,22,24)/t13-/m0/s1. The van der Waals surface area contributed by atoms with Gasteiger partial charge in [-0.15, -0.1) is 0 Å². The van der Waals surface area contributed by atoms with Crippen molar-refractivity contribution in [3.63, 3.8) is 0 Å². The summed E-state index contributed by atoms with van der Waals surface area (Å²) in [6.07, 6.45) is 2.00. The summed E-state index contributed by atoms with van der Waals surface area (Å²) in [5.41, 5.74) is 1.59. The summed E-state index contributed by atoms with van der Waals surface area (Å²) in [6, 6.07) is 10.7. The molecule has 2 heterocycles. The molecule has 2 amide bonds. The molecule has 6 nitrogen and oxygen atoms in total. The Balaban J connectivity index is 1.50. The number of rotatable bonds is 4. The summed E-state index contributed by atoms with van der Waals surface area (Å²) in [5.74, 6) is 0.933. The molecule has 1 saturated heterocycles. The molecule has 1 aliphatic heterocycles. The molecule has 3 rings (SSSR count). The first kappa shape index (κ1) is 17.5. The molecule has 1 aliphatic rings. The number of amides is 2. The van der Waals surface area contributed by atoms with Crippen molar-refractivity contribution in [3.05, 3.63) is 53.2 Å². The van der Waals surface area contributed by atoms with E-state index in [0.717, 1.165) is 31.1 Å². The van der Waals surface area contributed by atoms with Crippen LogP contribution in [0.25, 0.3) is 0 Å². The molecule has 1 fully saturated rings. The molecule has 132 valence electrons. The minimum absolute atomic E-state index is 0.215. The maximum atomic E-state index is 11.9. The van der Waals surface area contributed by atoms with Crippen LogP contribution < -0.4 is 15.5 Å². The first-order valence-corrected chi connectivity index (χ1v) is 8.60. The highest BCUT2D eigenvalue weighted by Gasteiger charge is 2.17. The van der Waals surface area contributed by atoms with Gasteiger partial charge in [0.1, 0.15) is 5.82 Å². The predicted octanol–water partition coefficient (Wildman–Crippen LogP) is 3.28. The third kappa shape index (κ3) is 5.08. The molecule has 2 aromatic rings. The number of benzene rings is 1. The zero-order chi connectivity index (χ0) is 17.6. The Morgan fingerprint density at radius 1 is 1.40 bits per heavy atom. The Hall–Kier alpha value is -2.31. The van der Waals surface area contributed by atoms with Crippen LogP contribution in [0.3, 0.4) is 0 Å². The van der Waals surface area contributed by atoms with Crippen LogP contribution in [0, 0.1) is 0 Å². The molecule has 0 saturated carbocycles. The van der Waals surface area contributed by atoms with Crippen LogP contribution in [0.2, 0.25) is 5.02 Å². The topological polar surface area (TPSA) is 66.5 Å². The van der Waals surface area contributed by atoms with Crippen molar-refractivity contribution in [1.82, 2.24) is 10.3 Å². The number of morpholine rings is 1. The lowest BCUT2D eigenvalue weighted by molar-refractivity contribution is 0.0529. The van der Waals surface area contributed by atoms with Crippen molar-refractivity contribution >= 4 is 29.1 Å².